The van der Waals surface area contributed by atoms with Crippen LogP contribution in [0.4, 0.5) is 13.2 Å². The van der Waals surface area contributed by atoms with Crippen molar-refractivity contribution in [2.75, 3.05) is 26.2 Å². The third kappa shape index (κ3) is 5.37. The van der Waals surface area contributed by atoms with Crippen molar-refractivity contribution >= 4 is 0 Å². The van der Waals surface area contributed by atoms with Crippen molar-refractivity contribution in [2.24, 2.45) is 0 Å². The maximum Gasteiger partial charge on any atom is 0.389 e. The van der Waals surface area contributed by atoms with Crippen LogP contribution in [0.25, 0.3) is 0 Å². The van der Waals surface area contributed by atoms with Gasteiger partial charge in [0.15, 0.2) is 0 Å². The molecular formula is C10H19F3N2. The monoisotopic (exact) mass is 224 g/mol. The van der Waals surface area contributed by atoms with E-state index in [2.05, 4.69) is 10.2 Å². The summed E-state index contributed by atoms with van der Waals surface area (Å²) in [6.07, 6.45) is -3.76. The van der Waals surface area contributed by atoms with Gasteiger partial charge >= 0.3 is 6.18 Å². The number of piperazine rings is 1. The second-order valence-electron chi connectivity index (χ2n) is 4.14. The van der Waals surface area contributed by atoms with Crippen LogP contribution in [0.1, 0.15) is 26.2 Å². The third-order valence-electron chi connectivity index (χ3n) is 2.86. The lowest BCUT2D eigenvalue weighted by atomic mass is 10.1. The highest BCUT2D eigenvalue weighted by atomic mass is 19.4. The first-order valence-corrected chi connectivity index (χ1v) is 5.50. The molecule has 0 radical (unpaired) electrons. The van der Waals surface area contributed by atoms with Crippen LogP contribution in [0.15, 0.2) is 0 Å². The molecule has 1 rings (SSSR count). The zero-order chi connectivity index (χ0) is 11.3. The Morgan fingerprint density at radius 3 is 2.40 bits per heavy atom. The first-order valence-electron chi connectivity index (χ1n) is 5.50. The van der Waals surface area contributed by atoms with Gasteiger partial charge < -0.3 is 5.32 Å². The first-order chi connectivity index (χ1) is 6.99. The molecule has 0 bridgehead atoms. The molecule has 0 aromatic heterocycles. The summed E-state index contributed by atoms with van der Waals surface area (Å²) in [6.45, 7) is 5.81. The zero-order valence-electron chi connectivity index (χ0n) is 9.11. The van der Waals surface area contributed by atoms with E-state index in [1.54, 1.807) is 0 Å². The average molecular weight is 224 g/mol. The molecule has 1 N–H and O–H groups in total. The van der Waals surface area contributed by atoms with Crippen LogP contribution < -0.4 is 5.32 Å². The highest BCUT2D eigenvalue weighted by molar-refractivity contribution is 4.73. The molecule has 1 unspecified atom stereocenters. The fraction of sp³-hybridized carbons (Fsp3) is 1.00. The fourth-order valence-corrected chi connectivity index (χ4v) is 1.90. The molecule has 0 aromatic carbocycles. The second-order valence-corrected chi connectivity index (χ2v) is 4.14. The van der Waals surface area contributed by atoms with Gasteiger partial charge in [-0.1, -0.05) is 0 Å². The van der Waals surface area contributed by atoms with Gasteiger partial charge in [0.05, 0.1) is 0 Å². The van der Waals surface area contributed by atoms with E-state index < -0.39 is 12.6 Å². The Kier molecular flexibility index (Phi) is 4.86. The molecule has 1 atom stereocenters. The normalized spacial score (nSPS) is 21.6. The van der Waals surface area contributed by atoms with Gasteiger partial charge in [-0.15, -0.1) is 0 Å². The summed E-state index contributed by atoms with van der Waals surface area (Å²) in [5.41, 5.74) is 0. The molecule has 0 saturated carbocycles. The summed E-state index contributed by atoms with van der Waals surface area (Å²) in [6, 6.07) is 0.273. The molecule has 5 heteroatoms. The SMILES string of the molecule is CC(CCCC(F)(F)F)N1CCNCC1. The van der Waals surface area contributed by atoms with Crippen LogP contribution in [0.2, 0.25) is 0 Å². The highest BCUT2D eigenvalue weighted by Crippen LogP contribution is 2.23. The van der Waals surface area contributed by atoms with E-state index in [-0.39, 0.29) is 12.5 Å². The molecule has 0 amide bonds. The van der Waals surface area contributed by atoms with E-state index >= 15 is 0 Å². The molecule has 90 valence electrons. The Morgan fingerprint density at radius 1 is 1.27 bits per heavy atom. The van der Waals surface area contributed by atoms with Gasteiger partial charge in [0, 0.05) is 38.6 Å². The first kappa shape index (κ1) is 12.8. The van der Waals surface area contributed by atoms with Gasteiger partial charge in [-0.3, -0.25) is 4.90 Å². The lowest BCUT2D eigenvalue weighted by Gasteiger charge is -2.32. The maximum absolute atomic E-state index is 11.9. The minimum Gasteiger partial charge on any atom is -0.314 e. The molecule has 1 aliphatic rings. The van der Waals surface area contributed by atoms with E-state index in [0.717, 1.165) is 26.2 Å². The fourth-order valence-electron chi connectivity index (χ4n) is 1.90. The molecule has 1 fully saturated rings. The van der Waals surface area contributed by atoms with Crippen molar-refractivity contribution in [3.63, 3.8) is 0 Å². The maximum atomic E-state index is 11.9. The Labute approximate surface area is 88.8 Å². The van der Waals surface area contributed by atoms with Crippen molar-refractivity contribution in [1.82, 2.24) is 10.2 Å². The van der Waals surface area contributed by atoms with Crippen molar-refractivity contribution in [2.45, 2.75) is 38.4 Å². The Morgan fingerprint density at radius 2 is 1.87 bits per heavy atom. The van der Waals surface area contributed by atoms with Crippen LogP contribution in [0.5, 0.6) is 0 Å². The Hall–Kier alpha value is -0.290. The van der Waals surface area contributed by atoms with Gasteiger partial charge in [0.1, 0.15) is 0 Å². The van der Waals surface area contributed by atoms with Crippen LogP contribution in [-0.2, 0) is 0 Å². The standard InChI is InChI=1S/C10H19F3N2/c1-9(3-2-4-10(11,12)13)15-7-5-14-6-8-15/h9,14H,2-8H2,1H3. The van der Waals surface area contributed by atoms with Crippen LogP contribution in [-0.4, -0.2) is 43.3 Å². The predicted molar refractivity (Wildman–Crippen MR) is 53.8 cm³/mol. The summed E-state index contributed by atoms with van der Waals surface area (Å²) in [5.74, 6) is 0. The van der Waals surface area contributed by atoms with Gasteiger partial charge in [-0.25, -0.2) is 0 Å². The Bertz CT molecular complexity index is 176. The summed E-state index contributed by atoms with van der Waals surface area (Å²) in [4.78, 5) is 2.26. The molecule has 1 heterocycles. The van der Waals surface area contributed by atoms with Crippen molar-refractivity contribution in [1.29, 1.82) is 0 Å². The topological polar surface area (TPSA) is 15.3 Å². The highest BCUT2D eigenvalue weighted by Gasteiger charge is 2.27. The lowest BCUT2D eigenvalue weighted by molar-refractivity contribution is -0.136. The molecular weight excluding hydrogens is 205 g/mol. The number of alkyl halides is 3. The molecule has 0 spiro atoms. The zero-order valence-corrected chi connectivity index (χ0v) is 9.11. The van der Waals surface area contributed by atoms with Gasteiger partial charge in [-0.2, -0.15) is 13.2 Å². The summed E-state index contributed by atoms with van der Waals surface area (Å²) in [7, 11) is 0. The minimum absolute atomic E-state index is 0.245. The average Bonchev–Trinajstić information content (AvgIpc) is 2.17. The van der Waals surface area contributed by atoms with E-state index in [1.165, 1.54) is 0 Å². The Balaban J connectivity index is 2.14. The van der Waals surface area contributed by atoms with Crippen LogP contribution in [0.3, 0.4) is 0 Å². The van der Waals surface area contributed by atoms with Gasteiger partial charge in [-0.05, 0) is 19.8 Å². The molecule has 1 aliphatic heterocycles. The quantitative estimate of drug-likeness (QED) is 0.786. The van der Waals surface area contributed by atoms with E-state index in [4.69, 9.17) is 0 Å². The number of nitrogens with one attached hydrogen (secondary N) is 1. The van der Waals surface area contributed by atoms with Crippen molar-refractivity contribution in [3.05, 3.63) is 0 Å². The minimum atomic E-state index is -4.00. The molecule has 1 saturated heterocycles. The smallest absolute Gasteiger partial charge is 0.314 e. The van der Waals surface area contributed by atoms with E-state index in [9.17, 15) is 13.2 Å². The van der Waals surface area contributed by atoms with Crippen LogP contribution >= 0.6 is 0 Å². The summed E-state index contributed by atoms with van der Waals surface area (Å²) < 4.78 is 35.8. The number of nitrogens with zero attached hydrogens (tertiary/aromatic N) is 1. The number of hydrogen-bond acceptors (Lipinski definition) is 2. The largest absolute Gasteiger partial charge is 0.389 e. The van der Waals surface area contributed by atoms with E-state index in [0.29, 0.717) is 6.42 Å². The number of halogens is 3. The van der Waals surface area contributed by atoms with E-state index in [1.807, 2.05) is 6.92 Å². The number of rotatable bonds is 4. The predicted octanol–water partition coefficient (Wildman–Crippen LogP) is 2.01. The summed E-state index contributed by atoms with van der Waals surface area (Å²) >= 11 is 0. The van der Waals surface area contributed by atoms with Crippen molar-refractivity contribution in [3.8, 4) is 0 Å². The van der Waals surface area contributed by atoms with Gasteiger partial charge in [0.2, 0.25) is 0 Å². The third-order valence-corrected chi connectivity index (χ3v) is 2.86. The molecule has 0 aromatic rings. The van der Waals surface area contributed by atoms with Crippen molar-refractivity contribution < 1.29 is 13.2 Å². The number of hydrogen-bond donors (Lipinski definition) is 1. The second kappa shape index (κ2) is 5.70. The van der Waals surface area contributed by atoms with Crippen LogP contribution in [0, 0.1) is 0 Å². The molecule has 0 aliphatic carbocycles. The molecule has 15 heavy (non-hydrogen) atoms. The molecule has 2 nitrogen and oxygen atoms in total. The summed E-state index contributed by atoms with van der Waals surface area (Å²) in [5, 5.41) is 3.23. The lowest BCUT2D eigenvalue weighted by Crippen LogP contribution is -2.47. The van der Waals surface area contributed by atoms with Gasteiger partial charge in [0.25, 0.3) is 0 Å².